The number of anilines is 1. The maximum Gasteiger partial charge on any atom is 0.317 e. The Kier molecular flexibility index (Phi) is 4.91. The van der Waals surface area contributed by atoms with E-state index in [-0.39, 0.29) is 12.1 Å². The van der Waals surface area contributed by atoms with Gasteiger partial charge in [0.25, 0.3) is 0 Å². The predicted molar refractivity (Wildman–Crippen MR) is 70.9 cm³/mol. The molecule has 1 aromatic heterocycles. The van der Waals surface area contributed by atoms with Gasteiger partial charge in [-0.3, -0.25) is 0 Å². The molecular formula is C12H19N5O2. The maximum absolute atomic E-state index is 11.9. The molecule has 1 atom stereocenters. The van der Waals surface area contributed by atoms with Crippen molar-refractivity contribution < 1.29 is 9.53 Å². The molecule has 7 nitrogen and oxygen atoms in total. The fourth-order valence-corrected chi connectivity index (χ4v) is 1.86. The minimum absolute atomic E-state index is 0.0495. The molecule has 0 aromatic carbocycles. The molecule has 7 heteroatoms. The third-order valence-electron chi connectivity index (χ3n) is 2.88. The number of hydrogen-bond acceptors (Lipinski definition) is 5. The number of nitrogens with one attached hydrogen (secondary N) is 2. The predicted octanol–water partition coefficient (Wildman–Crippen LogP) is 0.319. The van der Waals surface area contributed by atoms with Crippen LogP contribution in [0.15, 0.2) is 18.5 Å². The fraction of sp³-hybridized carbons (Fsp3) is 0.583. The molecule has 2 rings (SSSR count). The van der Waals surface area contributed by atoms with E-state index in [1.54, 1.807) is 23.4 Å². The molecule has 2 heterocycles. The van der Waals surface area contributed by atoms with E-state index in [1.165, 1.54) is 0 Å². The molecule has 1 aromatic rings. The highest BCUT2D eigenvalue weighted by Gasteiger charge is 2.22. The average Bonchev–Trinajstić information content (AvgIpc) is 2.45. The molecule has 0 radical (unpaired) electrons. The molecule has 104 valence electrons. The van der Waals surface area contributed by atoms with Gasteiger partial charge < -0.3 is 20.3 Å². The number of nitrogens with zero attached hydrogens (tertiary/aromatic N) is 3. The molecule has 0 saturated carbocycles. The van der Waals surface area contributed by atoms with Crippen molar-refractivity contribution in [2.45, 2.75) is 13.0 Å². The Balaban J connectivity index is 1.66. The van der Waals surface area contributed by atoms with Crippen LogP contribution in [0.2, 0.25) is 0 Å². The summed E-state index contributed by atoms with van der Waals surface area (Å²) in [5.41, 5.74) is 0. The van der Waals surface area contributed by atoms with E-state index in [1.807, 2.05) is 6.92 Å². The monoisotopic (exact) mass is 265 g/mol. The zero-order chi connectivity index (χ0) is 13.5. The van der Waals surface area contributed by atoms with Crippen molar-refractivity contribution in [3.05, 3.63) is 18.5 Å². The number of aromatic nitrogens is 2. The van der Waals surface area contributed by atoms with Crippen LogP contribution in [-0.4, -0.2) is 59.8 Å². The molecule has 0 bridgehead atoms. The molecule has 1 saturated heterocycles. The van der Waals surface area contributed by atoms with Crippen molar-refractivity contribution in [1.82, 2.24) is 20.2 Å². The number of ether oxygens (including phenoxy) is 1. The van der Waals surface area contributed by atoms with E-state index in [0.29, 0.717) is 38.8 Å². The molecule has 19 heavy (non-hydrogen) atoms. The molecular weight excluding hydrogens is 246 g/mol. The van der Waals surface area contributed by atoms with Crippen molar-refractivity contribution in [2.75, 3.05) is 38.2 Å². The Hall–Kier alpha value is -1.89. The summed E-state index contributed by atoms with van der Waals surface area (Å²) >= 11 is 0. The Morgan fingerprint density at radius 3 is 3.00 bits per heavy atom. The fourth-order valence-electron chi connectivity index (χ4n) is 1.86. The summed E-state index contributed by atoms with van der Waals surface area (Å²) in [5.74, 6) is 0.566. The summed E-state index contributed by atoms with van der Waals surface area (Å²) in [6, 6.07) is 1.83. The largest absolute Gasteiger partial charge is 0.377 e. The van der Waals surface area contributed by atoms with Gasteiger partial charge in [0.1, 0.15) is 0 Å². The van der Waals surface area contributed by atoms with Crippen LogP contribution in [-0.2, 0) is 4.74 Å². The SMILES string of the molecule is CC1COCCN1C(=O)NCCNc1ncccn1. The van der Waals surface area contributed by atoms with Crippen LogP contribution in [0, 0.1) is 0 Å². The van der Waals surface area contributed by atoms with Gasteiger partial charge in [0, 0.05) is 32.0 Å². The molecule has 0 spiro atoms. The normalized spacial score (nSPS) is 19.0. The second kappa shape index (κ2) is 6.89. The van der Waals surface area contributed by atoms with Gasteiger partial charge in [-0.25, -0.2) is 14.8 Å². The van der Waals surface area contributed by atoms with Gasteiger partial charge in [0.15, 0.2) is 0 Å². The van der Waals surface area contributed by atoms with E-state index in [9.17, 15) is 4.79 Å². The first-order valence-electron chi connectivity index (χ1n) is 6.40. The van der Waals surface area contributed by atoms with Gasteiger partial charge in [-0.15, -0.1) is 0 Å². The molecule has 1 unspecified atom stereocenters. The van der Waals surface area contributed by atoms with Crippen molar-refractivity contribution >= 4 is 12.0 Å². The van der Waals surface area contributed by atoms with Crippen molar-refractivity contribution in [3.8, 4) is 0 Å². The van der Waals surface area contributed by atoms with Crippen LogP contribution in [0.4, 0.5) is 10.7 Å². The van der Waals surface area contributed by atoms with E-state index in [2.05, 4.69) is 20.6 Å². The second-order valence-electron chi connectivity index (χ2n) is 4.35. The van der Waals surface area contributed by atoms with Crippen LogP contribution in [0.3, 0.4) is 0 Å². The van der Waals surface area contributed by atoms with Gasteiger partial charge in [0.2, 0.25) is 5.95 Å². The van der Waals surface area contributed by atoms with Crippen LogP contribution in [0.25, 0.3) is 0 Å². The summed E-state index contributed by atoms with van der Waals surface area (Å²) in [6.45, 7) is 4.95. The van der Waals surface area contributed by atoms with Gasteiger partial charge in [0.05, 0.1) is 19.3 Å². The Morgan fingerprint density at radius 1 is 1.47 bits per heavy atom. The first kappa shape index (κ1) is 13.5. The van der Waals surface area contributed by atoms with Gasteiger partial charge >= 0.3 is 6.03 Å². The topological polar surface area (TPSA) is 79.4 Å². The highest BCUT2D eigenvalue weighted by Crippen LogP contribution is 2.05. The molecule has 1 aliphatic rings. The van der Waals surface area contributed by atoms with Crippen LogP contribution >= 0.6 is 0 Å². The zero-order valence-electron chi connectivity index (χ0n) is 11.0. The smallest absolute Gasteiger partial charge is 0.317 e. The van der Waals surface area contributed by atoms with Gasteiger partial charge in [-0.05, 0) is 13.0 Å². The summed E-state index contributed by atoms with van der Waals surface area (Å²) in [6.07, 6.45) is 3.34. The maximum atomic E-state index is 11.9. The number of urea groups is 1. The highest BCUT2D eigenvalue weighted by atomic mass is 16.5. The number of carbonyl (C=O) groups is 1. The molecule has 2 N–H and O–H groups in total. The minimum Gasteiger partial charge on any atom is -0.377 e. The van der Waals surface area contributed by atoms with Crippen molar-refractivity contribution in [3.63, 3.8) is 0 Å². The lowest BCUT2D eigenvalue weighted by atomic mass is 10.3. The van der Waals surface area contributed by atoms with Crippen molar-refractivity contribution in [1.29, 1.82) is 0 Å². The molecule has 2 amide bonds. The summed E-state index contributed by atoms with van der Waals surface area (Å²) in [7, 11) is 0. The standard InChI is InChI=1S/C12H19N5O2/c1-10-9-19-8-7-17(10)12(18)16-6-5-15-11-13-3-2-4-14-11/h2-4,10H,5-9H2,1H3,(H,16,18)(H,13,14,15). The summed E-state index contributed by atoms with van der Waals surface area (Å²) < 4.78 is 5.30. The first-order chi connectivity index (χ1) is 9.27. The van der Waals surface area contributed by atoms with Gasteiger partial charge in [-0.2, -0.15) is 0 Å². The summed E-state index contributed by atoms with van der Waals surface area (Å²) in [5, 5.41) is 5.90. The van der Waals surface area contributed by atoms with E-state index >= 15 is 0 Å². The summed E-state index contributed by atoms with van der Waals surface area (Å²) in [4.78, 5) is 21.8. The Labute approximate surface area is 112 Å². The Morgan fingerprint density at radius 2 is 2.26 bits per heavy atom. The highest BCUT2D eigenvalue weighted by molar-refractivity contribution is 5.74. The second-order valence-corrected chi connectivity index (χ2v) is 4.35. The molecule has 0 aliphatic carbocycles. The number of carbonyl (C=O) groups excluding carboxylic acids is 1. The third-order valence-corrected chi connectivity index (χ3v) is 2.88. The lowest BCUT2D eigenvalue weighted by Crippen LogP contribution is -2.51. The third kappa shape index (κ3) is 4.06. The lowest BCUT2D eigenvalue weighted by molar-refractivity contribution is 0.0191. The molecule has 1 fully saturated rings. The van der Waals surface area contributed by atoms with E-state index in [0.717, 1.165) is 0 Å². The Bertz CT molecular complexity index is 400. The number of hydrogen-bond donors (Lipinski definition) is 2. The first-order valence-corrected chi connectivity index (χ1v) is 6.40. The number of morpholine rings is 1. The number of amides is 2. The van der Waals surface area contributed by atoms with E-state index in [4.69, 9.17) is 4.74 Å². The molecule has 1 aliphatic heterocycles. The number of rotatable bonds is 4. The average molecular weight is 265 g/mol. The minimum atomic E-state index is -0.0495. The van der Waals surface area contributed by atoms with E-state index < -0.39 is 0 Å². The van der Waals surface area contributed by atoms with Crippen LogP contribution < -0.4 is 10.6 Å². The quantitative estimate of drug-likeness (QED) is 0.766. The van der Waals surface area contributed by atoms with Crippen molar-refractivity contribution in [2.24, 2.45) is 0 Å². The van der Waals surface area contributed by atoms with Gasteiger partial charge in [-0.1, -0.05) is 0 Å². The van der Waals surface area contributed by atoms with Crippen LogP contribution in [0.1, 0.15) is 6.92 Å². The zero-order valence-corrected chi connectivity index (χ0v) is 11.0. The lowest BCUT2D eigenvalue weighted by Gasteiger charge is -2.33. The van der Waals surface area contributed by atoms with Crippen LogP contribution in [0.5, 0.6) is 0 Å².